The Balaban J connectivity index is 1.54. The number of amides is 2. The molecule has 0 aliphatic carbocycles. The number of carboxylic acids is 1. The van der Waals surface area contributed by atoms with Crippen molar-refractivity contribution >= 4 is 34.2 Å². The van der Waals surface area contributed by atoms with Gasteiger partial charge in [0.1, 0.15) is 0 Å². The summed E-state index contributed by atoms with van der Waals surface area (Å²) >= 11 is 0. The van der Waals surface area contributed by atoms with E-state index in [1.807, 2.05) is 92.7 Å². The zero-order chi connectivity index (χ0) is 27.1. The van der Waals surface area contributed by atoms with Gasteiger partial charge >= 0.3 is 5.97 Å². The molecule has 6 heteroatoms. The van der Waals surface area contributed by atoms with Crippen molar-refractivity contribution in [2.24, 2.45) is 0 Å². The van der Waals surface area contributed by atoms with E-state index in [9.17, 15) is 14.4 Å². The maximum absolute atomic E-state index is 13.4. The van der Waals surface area contributed by atoms with Crippen molar-refractivity contribution in [3.8, 4) is 0 Å². The second kappa shape index (κ2) is 12.2. The summed E-state index contributed by atoms with van der Waals surface area (Å²) in [6.07, 6.45) is 1.02. The molecule has 3 N–H and O–H groups in total. The molecule has 0 bridgehead atoms. The first-order chi connectivity index (χ1) is 18.3. The van der Waals surface area contributed by atoms with Gasteiger partial charge in [0.15, 0.2) is 0 Å². The third-order valence-electron chi connectivity index (χ3n) is 6.69. The van der Waals surface area contributed by atoms with Crippen LogP contribution in [0.5, 0.6) is 0 Å². The lowest BCUT2D eigenvalue weighted by Crippen LogP contribution is -2.23. The first-order valence-corrected chi connectivity index (χ1v) is 12.8. The highest BCUT2D eigenvalue weighted by molar-refractivity contribution is 6.00. The van der Waals surface area contributed by atoms with E-state index < -0.39 is 11.9 Å². The number of anilines is 1. The van der Waals surface area contributed by atoms with Crippen LogP contribution >= 0.6 is 0 Å². The predicted octanol–water partition coefficient (Wildman–Crippen LogP) is 6.23. The molecule has 1 unspecified atom stereocenters. The molecule has 4 rings (SSSR count). The van der Waals surface area contributed by atoms with Gasteiger partial charge < -0.3 is 15.7 Å². The minimum absolute atomic E-state index is 0.0497. The zero-order valence-corrected chi connectivity index (χ0v) is 21.7. The molecule has 4 aromatic carbocycles. The van der Waals surface area contributed by atoms with Crippen LogP contribution in [-0.4, -0.2) is 22.9 Å². The minimum Gasteiger partial charge on any atom is -0.481 e. The quantitative estimate of drug-likeness (QED) is 0.237. The van der Waals surface area contributed by atoms with Gasteiger partial charge in [0, 0.05) is 24.2 Å². The number of rotatable bonds is 10. The molecule has 0 radical (unpaired) electrons. The topological polar surface area (TPSA) is 95.5 Å². The lowest BCUT2D eigenvalue weighted by atomic mass is 9.94. The van der Waals surface area contributed by atoms with Gasteiger partial charge in [0.05, 0.1) is 5.92 Å². The highest BCUT2D eigenvalue weighted by Crippen LogP contribution is 2.28. The highest BCUT2D eigenvalue weighted by atomic mass is 16.4. The third-order valence-corrected chi connectivity index (χ3v) is 6.69. The van der Waals surface area contributed by atoms with Crippen molar-refractivity contribution in [1.82, 2.24) is 5.32 Å². The zero-order valence-electron chi connectivity index (χ0n) is 21.7. The van der Waals surface area contributed by atoms with Crippen molar-refractivity contribution in [3.05, 3.63) is 113 Å². The van der Waals surface area contributed by atoms with Crippen molar-refractivity contribution < 1.29 is 19.5 Å². The van der Waals surface area contributed by atoms with Crippen molar-refractivity contribution in [3.63, 3.8) is 0 Å². The van der Waals surface area contributed by atoms with Gasteiger partial charge in [0.25, 0.3) is 5.91 Å². The van der Waals surface area contributed by atoms with E-state index in [4.69, 9.17) is 5.11 Å². The maximum Gasteiger partial charge on any atom is 0.303 e. The Morgan fingerprint density at radius 1 is 0.895 bits per heavy atom. The van der Waals surface area contributed by atoms with Crippen molar-refractivity contribution in [2.45, 2.75) is 45.6 Å². The molecule has 0 aliphatic rings. The Morgan fingerprint density at radius 3 is 2.45 bits per heavy atom. The van der Waals surface area contributed by atoms with E-state index in [1.54, 1.807) is 6.07 Å². The van der Waals surface area contributed by atoms with Crippen LogP contribution in [0.1, 0.15) is 58.3 Å². The van der Waals surface area contributed by atoms with Crippen LogP contribution in [0.25, 0.3) is 10.8 Å². The van der Waals surface area contributed by atoms with Crippen molar-refractivity contribution in [2.75, 3.05) is 5.32 Å². The van der Waals surface area contributed by atoms with E-state index in [0.29, 0.717) is 30.6 Å². The SMILES string of the molecule is Cc1cccc(C(=O)NCc2ccc(CCCC(=O)O)c(NC(=O)C(C)c3cccc4ccccc34)c2)c1. The number of aryl methyl sites for hydroxylation is 2. The van der Waals surface area contributed by atoms with Crippen LogP contribution in [0.4, 0.5) is 5.69 Å². The summed E-state index contributed by atoms with van der Waals surface area (Å²) in [4.78, 5) is 37.1. The summed E-state index contributed by atoms with van der Waals surface area (Å²) in [5.74, 6) is -1.58. The average Bonchev–Trinajstić information content (AvgIpc) is 2.91. The summed E-state index contributed by atoms with van der Waals surface area (Å²) in [6, 6.07) is 27.0. The van der Waals surface area contributed by atoms with E-state index >= 15 is 0 Å². The average molecular weight is 509 g/mol. The molecule has 38 heavy (non-hydrogen) atoms. The second-order valence-electron chi connectivity index (χ2n) is 9.57. The fourth-order valence-electron chi connectivity index (χ4n) is 4.58. The molecule has 1 atom stereocenters. The number of carboxylic acid groups (broad SMARTS) is 1. The third kappa shape index (κ3) is 6.65. The molecular formula is C32H32N2O4. The van der Waals surface area contributed by atoms with Gasteiger partial charge in [-0.15, -0.1) is 0 Å². The van der Waals surface area contributed by atoms with Gasteiger partial charge in [-0.1, -0.05) is 72.3 Å². The standard InChI is InChI=1S/C32H32N2O4/c1-21-8-5-12-26(18-21)32(38)33-20-23-16-17-25(11-7-15-30(35)36)29(19-23)34-31(37)22(2)27-14-6-10-24-9-3-4-13-28(24)27/h3-6,8-10,12-14,16-19,22H,7,11,15,20H2,1-2H3,(H,33,38)(H,34,37)(H,35,36). The number of benzene rings is 4. The smallest absolute Gasteiger partial charge is 0.303 e. The largest absolute Gasteiger partial charge is 0.481 e. The Kier molecular flexibility index (Phi) is 8.54. The van der Waals surface area contributed by atoms with Crippen LogP contribution in [0.2, 0.25) is 0 Å². The number of hydrogen-bond donors (Lipinski definition) is 3. The molecule has 194 valence electrons. The molecule has 0 heterocycles. The number of carbonyl (C=O) groups is 3. The Bertz CT molecular complexity index is 1470. The maximum atomic E-state index is 13.4. The minimum atomic E-state index is -0.851. The lowest BCUT2D eigenvalue weighted by molar-refractivity contribution is -0.137. The van der Waals surface area contributed by atoms with Crippen LogP contribution in [0, 0.1) is 6.92 Å². The fourth-order valence-corrected chi connectivity index (χ4v) is 4.58. The Labute approximate surface area is 222 Å². The molecule has 0 saturated heterocycles. The Hall–Kier alpha value is -4.45. The summed E-state index contributed by atoms with van der Waals surface area (Å²) in [5.41, 5.74) is 4.87. The van der Waals surface area contributed by atoms with Crippen LogP contribution in [0.3, 0.4) is 0 Å². The predicted molar refractivity (Wildman–Crippen MR) is 150 cm³/mol. The molecule has 2 amide bonds. The molecule has 0 saturated carbocycles. The van der Waals surface area contributed by atoms with E-state index in [1.165, 1.54) is 0 Å². The van der Waals surface area contributed by atoms with E-state index in [0.717, 1.165) is 33.0 Å². The van der Waals surface area contributed by atoms with Crippen LogP contribution in [-0.2, 0) is 22.6 Å². The summed E-state index contributed by atoms with van der Waals surface area (Å²) in [6.45, 7) is 4.12. The molecule has 0 spiro atoms. The van der Waals surface area contributed by atoms with Gasteiger partial charge in [-0.05, 0) is 72.4 Å². The number of aliphatic carboxylic acids is 1. The second-order valence-corrected chi connectivity index (χ2v) is 9.57. The number of nitrogens with one attached hydrogen (secondary N) is 2. The molecule has 0 aromatic heterocycles. The van der Waals surface area contributed by atoms with Gasteiger partial charge in [-0.3, -0.25) is 14.4 Å². The van der Waals surface area contributed by atoms with Gasteiger partial charge in [0.2, 0.25) is 5.91 Å². The molecular weight excluding hydrogens is 476 g/mol. The number of carbonyl (C=O) groups excluding carboxylic acids is 2. The van der Waals surface area contributed by atoms with Gasteiger partial charge in [-0.25, -0.2) is 0 Å². The summed E-state index contributed by atoms with van der Waals surface area (Å²) in [7, 11) is 0. The van der Waals surface area contributed by atoms with Crippen LogP contribution in [0.15, 0.2) is 84.9 Å². The van der Waals surface area contributed by atoms with Crippen LogP contribution < -0.4 is 10.6 Å². The normalized spacial score (nSPS) is 11.6. The molecule has 6 nitrogen and oxygen atoms in total. The first-order valence-electron chi connectivity index (χ1n) is 12.8. The fraction of sp³-hybridized carbons (Fsp3) is 0.219. The molecule has 0 fully saturated rings. The van der Waals surface area contributed by atoms with Crippen molar-refractivity contribution in [1.29, 1.82) is 0 Å². The summed E-state index contributed by atoms with van der Waals surface area (Å²) in [5, 5.41) is 17.2. The Morgan fingerprint density at radius 2 is 1.66 bits per heavy atom. The number of hydrogen-bond acceptors (Lipinski definition) is 3. The molecule has 4 aromatic rings. The van der Waals surface area contributed by atoms with E-state index in [-0.39, 0.29) is 18.2 Å². The highest BCUT2D eigenvalue weighted by Gasteiger charge is 2.19. The number of fused-ring (bicyclic) bond motifs is 1. The first kappa shape index (κ1) is 26.6. The summed E-state index contributed by atoms with van der Waals surface area (Å²) < 4.78 is 0. The van der Waals surface area contributed by atoms with Gasteiger partial charge in [-0.2, -0.15) is 0 Å². The van der Waals surface area contributed by atoms with E-state index in [2.05, 4.69) is 10.6 Å². The lowest BCUT2D eigenvalue weighted by Gasteiger charge is -2.18. The molecule has 0 aliphatic heterocycles. The monoisotopic (exact) mass is 508 g/mol.